The van der Waals surface area contributed by atoms with Crippen molar-refractivity contribution in [3.8, 4) is 5.75 Å². The predicted molar refractivity (Wildman–Crippen MR) is 84.9 cm³/mol. The Morgan fingerprint density at radius 2 is 2.12 bits per heavy atom. The minimum Gasteiger partial charge on any atom is -0.480 e. The molecular formula is C16H19FN2O6. The van der Waals surface area contributed by atoms with Gasteiger partial charge in [-0.25, -0.2) is 14.0 Å². The van der Waals surface area contributed by atoms with E-state index in [1.54, 1.807) is 20.8 Å². The smallest absolute Gasteiger partial charge is 0.408 e. The molecule has 1 aromatic rings. The second kappa shape index (κ2) is 6.96. The molecule has 0 aliphatic carbocycles. The normalized spacial score (nSPS) is 17.6. The zero-order chi connectivity index (χ0) is 18.8. The molecule has 25 heavy (non-hydrogen) atoms. The van der Waals surface area contributed by atoms with Crippen molar-refractivity contribution < 1.29 is 33.4 Å². The number of ether oxygens (including phenoxy) is 2. The second-order valence-corrected chi connectivity index (χ2v) is 6.51. The van der Waals surface area contributed by atoms with Crippen molar-refractivity contribution in [2.75, 3.05) is 5.32 Å². The molecule has 2 amide bonds. The van der Waals surface area contributed by atoms with Crippen molar-refractivity contribution in [2.45, 2.75) is 44.9 Å². The summed E-state index contributed by atoms with van der Waals surface area (Å²) in [6.07, 6.45) is -2.48. The highest BCUT2D eigenvalue weighted by atomic mass is 19.1. The first-order chi connectivity index (χ1) is 11.5. The van der Waals surface area contributed by atoms with Crippen LogP contribution >= 0.6 is 0 Å². The van der Waals surface area contributed by atoms with E-state index in [9.17, 15) is 23.9 Å². The van der Waals surface area contributed by atoms with Gasteiger partial charge in [0.25, 0.3) is 5.91 Å². The molecule has 9 heteroatoms. The molecule has 0 radical (unpaired) electrons. The molecule has 136 valence electrons. The highest BCUT2D eigenvalue weighted by Gasteiger charge is 2.34. The lowest BCUT2D eigenvalue weighted by Crippen LogP contribution is -2.48. The molecule has 0 fully saturated rings. The molecule has 2 atom stereocenters. The fourth-order valence-electron chi connectivity index (χ4n) is 2.16. The number of carbonyl (C=O) groups is 3. The van der Waals surface area contributed by atoms with Crippen LogP contribution in [0.15, 0.2) is 18.2 Å². The molecule has 0 saturated heterocycles. The van der Waals surface area contributed by atoms with Crippen LogP contribution in [0.5, 0.6) is 5.75 Å². The Balaban J connectivity index is 2.08. The molecule has 0 saturated carbocycles. The van der Waals surface area contributed by atoms with Crippen molar-refractivity contribution >= 4 is 23.7 Å². The highest BCUT2D eigenvalue weighted by Crippen LogP contribution is 2.31. The van der Waals surface area contributed by atoms with E-state index in [2.05, 4.69) is 10.6 Å². The van der Waals surface area contributed by atoms with E-state index in [0.29, 0.717) is 0 Å². The van der Waals surface area contributed by atoms with Crippen LogP contribution in [0, 0.1) is 5.82 Å². The number of anilines is 1. The Labute approximate surface area is 143 Å². The molecule has 1 aliphatic heterocycles. The monoisotopic (exact) mass is 354 g/mol. The molecule has 2 rings (SSSR count). The zero-order valence-corrected chi connectivity index (χ0v) is 14.0. The fourth-order valence-corrected chi connectivity index (χ4v) is 2.16. The summed E-state index contributed by atoms with van der Waals surface area (Å²) in [5.41, 5.74) is -0.517. The average molecular weight is 354 g/mol. The van der Waals surface area contributed by atoms with Gasteiger partial charge in [-0.05, 0) is 32.9 Å². The maximum Gasteiger partial charge on any atom is 0.408 e. The van der Waals surface area contributed by atoms with Gasteiger partial charge in [0.05, 0.1) is 5.69 Å². The lowest BCUT2D eigenvalue weighted by Gasteiger charge is -2.28. The van der Waals surface area contributed by atoms with E-state index < -0.39 is 41.5 Å². The van der Waals surface area contributed by atoms with Crippen molar-refractivity contribution in [3.05, 3.63) is 24.0 Å². The topological polar surface area (TPSA) is 114 Å². The van der Waals surface area contributed by atoms with Gasteiger partial charge >= 0.3 is 12.1 Å². The van der Waals surface area contributed by atoms with Gasteiger partial charge in [-0.2, -0.15) is 0 Å². The maximum atomic E-state index is 13.3. The van der Waals surface area contributed by atoms with Crippen molar-refractivity contribution in [1.82, 2.24) is 5.32 Å². The molecule has 1 aromatic carbocycles. The number of hydrogen-bond acceptors (Lipinski definition) is 5. The number of carbonyl (C=O) groups excluding carboxylic acids is 2. The number of alkyl carbamates (subject to hydrolysis) is 1. The van der Waals surface area contributed by atoms with E-state index in [-0.39, 0.29) is 17.9 Å². The van der Waals surface area contributed by atoms with Gasteiger partial charge in [0, 0.05) is 12.5 Å². The molecule has 0 spiro atoms. The summed E-state index contributed by atoms with van der Waals surface area (Å²) in [4.78, 5) is 35.2. The highest BCUT2D eigenvalue weighted by molar-refractivity contribution is 5.98. The van der Waals surface area contributed by atoms with Crippen LogP contribution in [-0.4, -0.2) is 40.8 Å². The van der Waals surface area contributed by atoms with Crippen molar-refractivity contribution in [2.24, 2.45) is 0 Å². The van der Waals surface area contributed by atoms with Gasteiger partial charge in [0.2, 0.25) is 0 Å². The van der Waals surface area contributed by atoms with E-state index >= 15 is 0 Å². The van der Waals surface area contributed by atoms with Crippen LogP contribution in [0.25, 0.3) is 0 Å². The number of carboxylic acids is 1. The quantitative estimate of drug-likeness (QED) is 0.761. The van der Waals surface area contributed by atoms with E-state index in [0.717, 1.165) is 12.1 Å². The standard InChI is InChI=1S/C16H19FN2O6/c1-16(2,3)25-15(23)19-10(14(21)22)7-12-13(20)18-9-5-4-8(17)6-11(9)24-12/h4-6,10,12H,7H2,1-3H3,(H,18,20)(H,19,23)(H,21,22)/t10?,12-/m0/s1. The number of nitrogens with one attached hydrogen (secondary N) is 2. The van der Waals surface area contributed by atoms with Crippen molar-refractivity contribution in [3.63, 3.8) is 0 Å². The minimum atomic E-state index is -1.42. The first-order valence-corrected chi connectivity index (χ1v) is 7.54. The molecule has 8 nitrogen and oxygen atoms in total. The largest absolute Gasteiger partial charge is 0.480 e. The summed E-state index contributed by atoms with van der Waals surface area (Å²) < 4.78 is 23.7. The number of amides is 2. The summed E-state index contributed by atoms with van der Waals surface area (Å²) in [6, 6.07) is 2.17. The van der Waals surface area contributed by atoms with Gasteiger partial charge in [-0.1, -0.05) is 0 Å². The van der Waals surface area contributed by atoms with Crippen LogP contribution in [-0.2, 0) is 14.3 Å². The van der Waals surface area contributed by atoms with E-state index in [1.165, 1.54) is 6.07 Å². The Morgan fingerprint density at radius 3 is 2.72 bits per heavy atom. The predicted octanol–water partition coefficient (Wildman–Crippen LogP) is 1.89. The summed E-state index contributed by atoms with van der Waals surface area (Å²) >= 11 is 0. The van der Waals surface area contributed by atoms with Gasteiger partial charge in [0.1, 0.15) is 23.2 Å². The zero-order valence-electron chi connectivity index (χ0n) is 14.0. The number of aliphatic carboxylic acids is 1. The second-order valence-electron chi connectivity index (χ2n) is 6.51. The lowest BCUT2D eigenvalue weighted by molar-refractivity contribution is -0.140. The molecule has 0 aromatic heterocycles. The Morgan fingerprint density at radius 1 is 1.44 bits per heavy atom. The Bertz CT molecular complexity index is 700. The third kappa shape index (κ3) is 5.07. The number of hydrogen-bond donors (Lipinski definition) is 3. The van der Waals surface area contributed by atoms with Crippen LogP contribution in [0.4, 0.5) is 14.9 Å². The third-order valence-electron chi connectivity index (χ3n) is 3.20. The summed E-state index contributed by atoms with van der Waals surface area (Å²) in [5.74, 6) is -2.41. The Hall–Kier alpha value is -2.84. The first kappa shape index (κ1) is 18.5. The molecule has 0 bridgehead atoms. The van der Waals surface area contributed by atoms with E-state index in [1.807, 2.05) is 0 Å². The molecular weight excluding hydrogens is 335 g/mol. The van der Waals surface area contributed by atoms with Crippen LogP contribution < -0.4 is 15.4 Å². The Kier molecular flexibility index (Phi) is 5.15. The maximum absolute atomic E-state index is 13.3. The van der Waals surface area contributed by atoms with Crippen LogP contribution in [0.1, 0.15) is 27.2 Å². The fraction of sp³-hybridized carbons (Fsp3) is 0.438. The number of carboxylic acid groups (broad SMARTS) is 1. The van der Waals surface area contributed by atoms with Gasteiger partial charge < -0.3 is 25.2 Å². The lowest BCUT2D eigenvalue weighted by atomic mass is 10.1. The molecule has 1 heterocycles. The third-order valence-corrected chi connectivity index (χ3v) is 3.20. The average Bonchev–Trinajstić information content (AvgIpc) is 2.45. The summed E-state index contributed by atoms with van der Waals surface area (Å²) in [5, 5.41) is 13.9. The summed E-state index contributed by atoms with van der Waals surface area (Å²) in [7, 11) is 0. The summed E-state index contributed by atoms with van der Waals surface area (Å²) in [6.45, 7) is 4.89. The van der Waals surface area contributed by atoms with Gasteiger partial charge in [-0.15, -0.1) is 0 Å². The molecule has 1 aliphatic rings. The van der Waals surface area contributed by atoms with Gasteiger partial charge in [-0.3, -0.25) is 4.79 Å². The van der Waals surface area contributed by atoms with E-state index in [4.69, 9.17) is 9.47 Å². The van der Waals surface area contributed by atoms with Gasteiger partial charge in [0.15, 0.2) is 6.10 Å². The number of benzene rings is 1. The number of halogens is 1. The minimum absolute atomic E-state index is 0.0889. The number of rotatable bonds is 4. The van der Waals surface area contributed by atoms with Crippen LogP contribution in [0.3, 0.4) is 0 Å². The number of fused-ring (bicyclic) bond motifs is 1. The van der Waals surface area contributed by atoms with Crippen molar-refractivity contribution in [1.29, 1.82) is 0 Å². The molecule has 1 unspecified atom stereocenters. The SMILES string of the molecule is CC(C)(C)OC(=O)NC(C[C@@H]1Oc2cc(F)ccc2NC1=O)C(=O)O. The molecule has 3 N–H and O–H groups in total. The van der Waals surface area contributed by atoms with Crippen LogP contribution in [0.2, 0.25) is 0 Å². The first-order valence-electron chi connectivity index (χ1n) is 7.54.